The molecule has 0 unspecified atom stereocenters. The van der Waals surface area contributed by atoms with Gasteiger partial charge in [0.2, 0.25) is 0 Å². The largest absolute Gasteiger partial charge is 0.468 e. The quantitative estimate of drug-likeness (QED) is 0.564. The second-order valence-corrected chi connectivity index (χ2v) is 6.47. The Morgan fingerprint density at radius 2 is 1.70 bits per heavy atom. The number of thioether (sulfide) groups is 1. The molecule has 120 valence electrons. The van der Waals surface area contributed by atoms with Gasteiger partial charge in [-0.25, -0.2) is 0 Å². The van der Waals surface area contributed by atoms with E-state index in [1.807, 2.05) is 61.5 Å². The number of Topliss-reactive ketones (excluding diaryl/α,β-unsaturated/α-hetero) is 1. The second-order valence-electron chi connectivity index (χ2n) is 5.28. The van der Waals surface area contributed by atoms with E-state index >= 15 is 0 Å². The van der Waals surface area contributed by atoms with Gasteiger partial charge in [-0.15, -0.1) is 11.8 Å². The number of carbonyl (C=O) groups is 2. The molecular weight excluding hydrogens is 308 g/mol. The number of rotatable bonds is 7. The normalized spacial score (nSPS) is 11.7. The van der Waals surface area contributed by atoms with Crippen molar-refractivity contribution < 1.29 is 14.3 Å². The van der Waals surface area contributed by atoms with Gasteiger partial charge < -0.3 is 4.74 Å². The van der Waals surface area contributed by atoms with Crippen molar-refractivity contribution in [3.63, 3.8) is 0 Å². The standard InChI is InChI=1S/C19H20O3S/c1-14-8-10-16(11-9-14)18(23-13-19(21)22-2)12-17(20)15-6-4-3-5-7-15/h3-11,18H,12-13H2,1-2H3/t18-/m0/s1. The van der Waals surface area contributed by atoms with Gasteiger partial charge in [0.1, 0.15) is 0 Å². The maximum atomic E-state index is 12.5. The average Bonchev–Trinajstić information content (AvgIpc) is 2.59. The molecule has 0 aliphatic carbocycles. The molecule has 0 aromatic heterocycles. The lowest BCUT2D eigenvalue weighted by atomic mass is 10.0. The second kappa shape index (κ2) is 8.53. The summed E-state index contributed by atoms with van der Waals surface area (Å²) in [4.78, 5) is 23.9. The number of benzene rings is 2. The Labute approximate surface area is 141 Å². The number of hydrogen-bond donors (Lipinski definition) is 0. The van der Waals surface area contributed by atoms with Crippen molar-refractivity contribution in [1.29, 1.82) is 0 Å². The van der Waals surface area contributed by atoms with Crippen molar-refractivity contribution in [1.82, 2.24) is 0 Å². The number of hydrogen-bond acceptors (Lipinski definition) is 4. The van der Waals surface area contributed by atoms with Gasteiger partial charge >= 0.3 is 5.97 Å². The molecule has 2 rings (SSSR count). The Hall–Kier alpha value is -2.07. The molecule has 23 heavy (non-hydrogen) atoms. The monoisotopic (exact) mass is 328 g/mol. The molecule has 2 aromatic carbocycles. The molecule has 0 saturated carbocycles. The van der Waals surface area contributed by atoms with Gasteiger partial charge in [0.05, 0.1) is 12.9 Å². The lowest BCUT2D eigenvalue weighted by Crippen LogP contribution is -2.09. The molecule has 0 aliphatic heterocycles. The fraction of sp³-hybridized carbons (Fsp3) is 0.263. The zero-order valence-corrected chi connectivity index (χ0v) is 14.1. The van der Waals surface area contributed by atoms with Crippen LogP contribution in [0.3, 0.4) is 0 Å². The van der Waals surface area contributed by atoms with Crippen LogP contribution in [0.4, 0.5) is 0 Å². The molecular formula is C19H20O3S. The van der Waals surface area contributed by atoms with E-state index in [-0.39, 0.29) is 22.8 Å². The zero-order chi connectivity index (χ0) is 16.7. The highest BCUT2D eigenvalue weighted by atomic mass is 32.2. The zero-order valence-electron chi connectivity index (χ0n) is 13.3. The molecule has 2 aromatic rings. The summed E-state index contributed by atoms with van der Waals surface area (Å²) in [6.45, 7) is 2.02. The molecule has 0 spiro atoms. The Morgan fingerprint density at radius 1 is 1.04 bits per heavy atom. The van der Waals surface area contributed by atoms with E-state index in [0.29, 0.717) is 12.0 Å². The fourth-order valence-electron chi connectivity index (χ4n) is 2.19. The maximum absolute atomic E-state index is 12.5. The molecule has 0 radical (unpaired) electrons. The van der Waals surface area contributed by atoms with E-state index in [0.717, 1.165) is 5.56 Å². The van der Waals surface area contributed by atoms with Gasteiger partial charge in [-0.2, -0.15) is 0 Å². The highest BCUT2D eigenvalue weighted by Crippen LogP contribution is 2.33. The van der Waals surface area contributed by atoms with E-state index in [9.17, 15) is 9.59 Å². The summed E-state index contributed by atoms with van der Waals surface area (Å²) in [5, 5.41) is -0.0672. The summed E-state index contributed by atoms with van der Waals surface area (Å²) in [6, 6.07) is 17.3. The predicted molar refractivity (Wildman–Crippen MR) is 93.8 cm³/mol. The maximum Gasteiger partial charge on any atom is 0.315 e. The van der Waals surface area contributed by atoms with Crippen molar-refractivity contribution in [3.05, 3.63) is 71.3 Å². The van der Waals surface area contributed by atoms with Crippen LogP contribution >= 0.6 is 11.8 Å². The van der Waals surface area contributed by atoms with Crippen LogP contribution in [0.1, 0.15) is 33.2 Å². The molecule has 0 amide bonds. The molecule has 0 saturated heterocycles. The first-order valence-corrected chi connectivity index (χ1v) is 8.48. The van der Waals surface area contributed by atoms with Crippen LogP contribution in [-0.2, 0) is 9.53 Å². The molecule has 0 fully saturated rings. The Balaban J connectivity index is 2.14. The van der Waals surface area contributed by atoms with E-state index in [1.54, 1.807) is 0 Å². The lowest BCUT2D eigenvalue weighted by molar-refractivity contribution is -0.137. The number of ketones is 1. The Kier molecular flexibility index (Phi) is 6.41. The van der Waals surface area contributed by atoms with Gasteiger partial charge in [0, 0.05) is 17.2 Å². The van der Waals surface area contributed by atoms with Crippen LogP contribution in [-0.4, -0.2) is 24.6 Å². The minimum absolute atomic E-state index is 0.0672. The molecule has 0 aliphatic rings. The fourth-order valence-corrected chi connectivity index (χ4v) is 3.27. The smallest absolute Gasteiger partial charge is 0.315 e. The lowest BCUT2D eigenvalue weighted by Gasteiger charge is -2.16. The molecule has 1 atom stereocenters. The van der Waals surface area contributed by atoms with Crippen molar-refractivity contribution in [2.24, 2.45) is 0 Å². The minimum Gasteiger partial charge on any atom is -0.468 e. The van der Waals surface area contributed by atoms with Crippen LogP contribution in [0.15, 0.2) is 54.6 Å². The highest BCUT2D eigenvalue weighted by molar-refractivity contribution is 8.00. The van der Waals surface area contributed by atoms with Gasteiger partial charge in [0.25, 0.3) is 0 Å². The summed E-state index contributed by atoms with van der Waals surface area (Å²) < 4.78 is 4.70. The third-order valence-electron chi connectivity index (χ3n) is 3.55. The third-order valence-corrected chi connectivity index (χ3v) is 4.79. The number of carbonyl (C=O) groups excluding carboxylic acids is 2. The molecule has 3 nitrogen and oxygen atoms in total. The van der Waals surface area contributed by atoms with Gasteiger partial charge in [-0.05, 0) is 12.5 Å². The van der Waals surface area contributed by atoms with E-state index in [2.05, 4.69) is 0 Å². The number of esters is 1. The first-order valence-electron chi connectivity index (χ1n) is 7.43. The van der Waals surface area contributed by atoms with Crippen molar-refractivity contribution >= 4 is 23.5 Å². The molecule has 0 N–H and O–H groups in total. The Bertz CT molecular complexity index is 650. The van der Waals surface area contributed by atoms with Crippen LogP contribution in [0.25, 0.3) is 0 Å². The topological polar surface area (TPSA) is 43.4 Å². The van der Waals surface area contributed by atoms with Crippen molar-refractivity contribution in [2.75, 3.05) is 12.9 Å². The molecule has 0 heterocycles. The molecule has 0 bridgehead atoms. The minimum atomic E-state index is -0.278. The van der Waals surface area contributed by atoms with Gasteiger partial charge in [-0.3, -0.25) is 9.59 Å². The summed E-state index contributed by atoms with van der Waals surface area (Å²) >= 11 is 1.44. The summed E-state index contributed by atoms with van der Waals surface area (Å²) in [5.41, 5.74) is 2.91. The van der Waals surface area contributed by atoms with Crippen LogP contribution in [0.5, 0.6) is 0 Å². The van der Waals surface area contributed by atoms with E-state index < -0.39 is 0 Å². The SMILES string of the molecule is COC(=O)CS[C@@H](CC(=O)c1ccccc1)c1ccc(C)cc1. The third kappa shape index (κ3) is 5.25. The number of ether oxygens (including phenoxy) is 1. The van der Waals surface area contributed by atoms with Crippen LogP contribution in [0.2, 0.25) is 0 Å². The Morgan fingerprint density at radius 3 is 2.30 bits per heavy atom. The molecule has 4 heteroatoms. The van der Waals surface area contributed by atoms with Gasteiger partial charge in [0.15, 0.2) is 5.78 Å². The number of methoxy groups -OCH3 is 1. The predicted octanol–water partition coefficient (Wildman–Crippen LogP) is 4.22. The first kappa shape index (κ1) is 17.3. The van der Waals surface area contributed by atoms with Crippen molar-refractivity contribution in [3.8, 4) is 0 Å². The summed E-state index contributed by atoms with van der Waals surface area (Å²) in [5.74, 6) is 0.0321. The van der Waals surface area contributed by atoms with E-state index in [4.69, 9.17) is 4.74 Å². The van der Waals surface area contributed by atoms with E-state index in [1.165, 1.54) is 24.4 Å². The summed E-state index contributed by atoms with van der Waals surface area (Å²) in [6.07, 6.45) is 0.356. The average molecular weight is 328 g/mol. The van der Waals surface area contributed by atoms with Crippen LogP contribution in [0, 0.1) is 6.92 Å². The van der Waals surface area contributed by atoms with Gasteiger partial charge in [-0.1, -0.05) is 60.2 Å². The van der Waals surface area contributed by atoms with Crippen LogP contribution < -0.4 is 0 Å². The summed E-state index contributed by atoms with van der Waals surface area (Å²) in [7, 11) is 1.37. The first-order chi connectivity index (χ1) is 11.1. The van der Waals surface area contributed by atoms with Crippen molar-refractivity contribution in [2.45, 2.75) is 18.6 Å². The number of aryl methyl sites for hydroxylation is 1. The highest BCUT2D eigenvalue weighted by Gasteiger charge is 2.19.